The van der Waals surface area contributed by atoms with Gasteiger partial charge in [-0.2, -0.15) is 0 Å². The summed E-state index contributed by atoms with van der Waals surface area (Å²) in [5.41, 5.74) is 1.66. The fourth-order valence-electron chi connectivity index (χ4n) is 3.03. The van der Waals surface area contributed by atoms with Crippen molar-refractivity contribution in [3.05, 3.63) is 47.5 Å². The van der Waals surface area contributed by atoms with Gasteiger partial charge in [0.25, 0.3) is 0 Å². The van der Waals surface area contributed by atoms with Gasteiger partial charge in [0.05, 0.1) is 12.0 Å². The summed E-state index contributed by atoms with van der Waals surface area (Å²) >= 11 is 0. The first-order chi connectivity index (χ1) is 12.8. The lowest BCUT2D eigenvalue weighted by Crippen LogP contribution is -2.27. The van der Waals surface area contributed by atoms with Gasteiger partial charge >= 0.3 is 0 Å². The summed E-state index contributed by atoms with van der Waals surface area (Å²) in [6.07, 6.45) is 0. The second-order valence-corrected chi connectivity index (χ2v) is 8.52. The molecule has 0 saturated carbocycles. The van der Waals surface area contributed by atoms with E-state index in [9.17, 15) is 8.42 Å². The monoisotopic (exact) mass is 391 g/mol. The Balaban J connectivity index is 1.85. The molecular formula is C20H25NO5S. The highest BCUT2D eigenvalue weighted by Gasteiger charge is 2.22. The number of methoxy groups -OCH3 is 1. The SMILES string of the molecule is COc1ccc(S(=O)(=O)N[C@H](C)c2ccc3c(c2)OCCO3)cc1C(C)C. The van der Waals surface area contributed by atoms with E-state index in [2.05, 4.69) is 4.72 Å². The van der Waals surface area contributed by atoms with Gasteiger partial charge in [-0.3, -0.25) is 0 Å². The van der Waals surface area contributed by atoms with Gasteiger partial charge in [0.2, 0.25) is 10.0 Å². The zero-order chi connectivity index (χ0) is 19.6. The van der Waals surface area contributed by atoms with Crippen LogP contribution in [-0.4, -0.2) is 28.7 Å². The first-order valence-electron chi connectivity index (χ1n) is 8.91. The molecule has 2 aromatic carbocycles. The maximum atomic E-state index is 12.9. The summed E-state index contributed by atoms with van der Waals surface area (Å²) in [6, 6.07) is 9.96. The van der Waals surface area contributed by atoms with Crippen molar-refractivity contribution in [1.82, 2.24) is 4.72 Å². The Labute approximate surface area is 160 Å². The summed E-state index contributed by atoms with van der Waals surface area (Å²) in [7, 11) is -2.11. The average Bonchev–Trinajstić information content (AvgIpc) is 2.66. The fourth-order valence-corrected chi connectivity index (χ4v) is 4.30. The molecule has 1 N–H and O–H groups in total. The molecule has 1 aliphatic heterocycles. The largest absolute Gasteiger partial charge is 0.496 e. The van der Waals surface area contributed by atoms with Crippen LogP contribution in [0, 0.1) is 0 Å². The summed E-state index contributed by atoms with van der Waals surface area (Å²) in [6.45, 7) is 6.80. The number of nitrogens with one attached hydrogen (secondary N) is 1. The van der Waals surface area contributed by atoms with Crippen LogP contribution in [0.4, 0.5) is 0 Å². The molecule has 2 aromatic rings. The van der Waals surface area contributed by atoms with Crippen molar-refractivity contribution >= 4 is 10.0 Å². The highest BCUT2D eigenvalue weighted by Crippen LogP contribution is 2.33. The Kier molecular flexibility index (Phi) is 5.62. The number of hydrogen-bond acceptors (Lipinski definition) is 5. The Hall–Kier alpha value is -2.25. The fraction of sp³-hybridized carbons (Fsp3) is 0.400. The molecular weight excluding hydrogens is 366 g/mol. The molecule has 7 heteroatoms. The molecule has 0 radical (unpaired) electrons. The standard InChI is InChI=1S/C20H25NO5S/c1-13(2)17-12-16(6-8-18(17)24-4)27(22,23)21-14(3)15-5-7-19-20(11-15)26-10-9-25-19/h5-8,11-14,21H,9-10H2,1-4H3/t14-/m1/s1. The van der Waals surface area contributed by atoms with Crippen molar-refractivity contribution < 1.29 is 22.6 Å². The van der Waals surface area contributed by atoms with Crippen molar-refractivity contribution in [2.75, 3.05) is 20.3 Å². The maximum absolute atomic E-state index is 12.9. The molecule has 0 amide bonds. The second-order valence-electron chi connectivity index (χ2n) is 6.80. The van der Waals surface area contributed by atoms with Crippen LogP contribution in [0.3, 0.4) is 0 Å². The van der Waals surface area contributed by atoms with Crippen LogP contribution in [0.15, 0.2) is 41.3 Å². The third-order valence-electron chi connectivity index (χ3n) is 4.53. The third kappa shape index (κ3) is 4.20. The number of fused-ring (bicyclic) bond motifs is 1. The van der Waals surface area contributed by atoms with Crippen molar-refractivity contribution in [3.8, 4) is 17.2 Å². The predicted octanol–water partition coefficient (Wildman–Crippen LogP) is 3.63. The van der Waals surface area contributed by atoms with Crippen LogP contribution in [0.25, 0.3) is 0 Å². The van der Waals surface area contributed by atoms with Gasteiger partial charge in [-0.1, -0.05) is 19.9 Å². The van der Waals surface area contributed by atoms with Crippen LogP contribution in [0.2, 0.25) is 0 Å². The smallest absolute Gasteiger partial charge is 0.241 e. The summed E-state index contributed by atoms with van der Waals surface area (Å²) < 4.78 is 44.9. The van der Waals surface area contributed by atoms with Crippen LogP contribution in [0.5, 0.6) is 17.2 Å². The zero-order valence-electron chi connectivity index (χ0n) is 16.0. The van der Waals surface area contributed by atoms with E-state index in [1.807, 2.05) is 26.0 Å². The van der Waals surface area contributed by atoms with Gasteiger partial charge in [-0.05, 0) is 54.3 Å². The molecule has 0 aliphatic carbocycles. The van der Waals surface area contributed by atoms with Gasteiger partial charge in [0.1, 0.15) is 19.0 Å². The number of rotatable bonds is 6. The highest BCUT2D eigenvalue weighted by molar-refractivity contribution is 7.89. The van der Waals surface area contributed by atoms with E-state index in [0.717, 1.165) is 11.1 Å². The van der Waals surface area contributed by atoms with Crippen LogP contribution in [-0.2, 0) is 10.0 Å². The molecule has 6 nitrogen and oxygen atoms in total. The minimum Gasteiger partial charge on any atom is -0.496 e. The maximum Gasteiger partial charge on any atom is 0.241 e. The lowest BCUT2D eigenvalue weighted by atomic mass is 10.0. The molecule has 1 aliphatic rings. The molecule has 1 heterocycles. The van der Waals surface area contributed by atoms with E-state index in [1.54, 1.807) is 38.3 Å². The minimum absolute atomic E-state index is 0.144. The molecule has 3 rings (SSSR count). The predicted molar refractivity (Wildman–Crippen MR) is 103 cm³/mol. The van der Waals surface area contributed by atoms with E-state index in [4.69, 9.17) is 14.2 Å². The minimum atomic E-state index is -3.69. The Morgan fingerprint density at radius 2 is 1.70 bits per heavy atom. The van der Waals surface area contributed by atoms with E-state index >= 15 is 0 Å². The van der Waals surface area contributed by atoms with Crippen molar-refractivity contribution in [2.45, 2.75) is 37.6 Å². The van der Waals surface area contributed by atoms with Gasteiger partial charge in [0, 0.05) is 6.04 Å². The molecule has 0 aromatic heterocycles. The molecule has 0 fully saturated rings. The topological polar surface area (TPSA) is 73.9 Å². The molecule has 0 spiro atoms. The third-order valence-corrected chi connectivity index (χ3v) is 6.07. The normalized spacial score (nSPS) is 14.9. The Morgan fingerprint density at radius 3 is 2.37 bits per heavy atom. The van der Waals surface area contributed by atoms with Crippen LogP contribution >= 0.6 is 0 Å². The van der Waals surface area contributed by atoms with Crippen LogP contribution in [0.1, 0.15) is 43.9 Å². The van der Waals surface area contributed by atoms with E-state index in [-0.39, 0.29) is 10.8 Å². The van der Waals surface area contributed by atoms with Crippen LogP contribution < -0.4 is 18.9 Å². The zero-order valence-corrected chi connectivity index (χ0v) is 16.8. The molecule has 0 bridgehead atoms. The quantitative estimate of drug-likeness (QED) is 0.814. The number of hydrogen-bond donors (Lipinski definition) is 1. The number of ether oxygens (including phenoxy) is 3. The molecule has 27 heavy (non-hydrogen) atoms. The van der Waals surface area contributed by atoms with E-state index in [0.29, 0.717) is 30.5 Å². The first kappa shape index (κ1) is 19.5. The lowest BCUT2D eigenvalue weighted by molar-refractivity contribution is 0.171. The van der Waals surface area contributed by atoms with E-state index < -0.39 is 16.1 Å². The summed E-state index contributed by atoms with van der Waals surface area (Å²) in [5, 5.41) is 0. The summed E-state index contributed by atoms with van der Waals surface area (Å²) in [4.78, 5) is 0.219. The van der Waals surface area contributed by atoms with Crippen molar-refractivity contribution in [3.63, 3.8) is 0 Å². The number of sulfonamides is 1. The number of benzene rings is 2. The lowest BCUT2D eigenvalue weighted by Gasteiger charge is -2.21. The Bertz CT molecular complexity index is 924. The van der Waals surface area contributed by atoms with Gasteiger partial charge in [-0.15, -0.1) is 0 Å². The first-order valence-corrected chi connectivity index (χ1v) is 10.4. The van der Waals surface area contributed by atoms with Crippen molar-refractivity contribution in [2.24, 2.45) is 0 Å². The highest BCUT2D eigenvalue weighted by atomic mass is 32.2. The van der Waals surface area contributed by atoms with Crippen molar-refractivity contribution in [1.29, 1.82) is 0 Å². The molecule has 0 unspecified atom stereocenters. The molecule has 1 atom stereocenters. The molecule has 146 valence electrons. The van der Waals surface area contributed by atoms with Gasteiger partial charge in [-0.25, -0.2) is 13.1 Å². The Morgan fingerprint density at radius 1 is 1.00 bits per heavy atom. The van der Waals surface area contributed by atoms with Gasteiger partial charge in [0.15, 0.2) is 11.5 Å². The van der Waals surface area contributed by atoms with E-state index in [1.165, 1.54) is 0 Å². The summed E-state index contributed by atoms with van der Waals surface area (Å²) in [5.74, 6) is 2.14. The van der Waals surface area contributed by atoms with Gasteiger partial charge < -0.3 is 14.2 Å². The average molecular weight is 391 g/mol. The molecule has 0 saturated heterocycles. The second kappa shape index (κ2) is 7.78.